The first-order chi connectivity index (χ1) is 9.00. The Morgan fingerprint density at radius 3 is 2.79 bits per heavy atom. The van der Waals surface area contributed by atoms with Crippen LogP contribution in [-0.4, -0.2) is 26.2 Å². The topological polar surface area (TPSA) is 89.1 Å². The van der Waals surface area contributed by atoms with E-state index in [9.17, 15) is 4.79 Å². The molecule has 0 spiro atoms. The van der Waals surface area contributed by atoms with Crippen molar-refractivity contribution in [2.24, 2.45) is 5.92 Å². The molecule has 0 amide bonds. The number of hydrogen-bond donors (Lipinski definition) is 1. The summed E-state index contributed by atoms with van der Waals surface area (Å²) in [5.74, 6) is -1.04. The van der Waals surface area contributed by atoms with Gasteiger partial charge in [0.05, 0.1) is 5.92 Å². The van der Waals surface area contributed by atoms with Gasteiger partial charge in [-0.25, -0.2) is 0 Å². The van der Waals surface area contributed by atoms with Gasteiger partial charge < -0.3 is 9.63 Å². The molecular formula is C13H15N3O3. The fraction of sp³-hybridized carbons (Fsp3) is 0.385. The van der Waals surface area contributed by atoms with E-state index in [1.165, 1.54) is 0 Å². The lowest BCUT2D eigenvalue weighted by Gasteiger charge is -2.10. The molecule has 0 bridgehead atoms. The summed E-state index contributed by atoms with van der Waals surface area (Å²) in [6.45, 7) is 5.30. The number of aryl methyl sites for hydroxylation is 1. The summed E-state index contributed by atoms with van der Waals surface area (Å²) in [5, 5.41) is 12.9. The molecule has 19 heavy (non-hydrogen) atoms. The molecule has 2 unspecified atom stereocenters. The fourth-order valence-electron chi connectivity index (χ4n) is 1.66. The van der Waals surface area contributed by atoms with Crippen molar-refractivity contribution < 1.29 is 14.4 Å². The first kappa shape index (κ1) is 13.2. The van der Waals surface area contributed by atoms with Gasteiger partial charge >= 0.3 is 5.97 Å². The van der Waals surface area contributed by atoms with Crippen LogP contribution < -0.4 is 0 Å². The smallest absolute Gasteiger partial charge is 0.307 e. The fourth-order valence-corrected chi connectivity index (χ4v) is 1.66. The van der Waals surface area contributed by atoms with E-state index in [0.29, 0.717) is 11.7 Å². The van der Waals surface area contributed by atoms with Crippen molar-refractivity contribution in [1.82, 2.24) is 15.1 Å². The van der Waals surface area contributed by atoms with Gasteiger partial charge in [-0.3, -0.25) is 9.78 Å². The summed E-state index contributed by atoms with van der Waals surface area (Å²) in [6.07, 6.45) is 3.35. The van der Waals surface area contributed by atoms with Gasteiger partial charge in [0.25, 0.3) is 0 Å². The summed E-state index contributed by atoms with van der Waals surface area (Å²) in [5.41, 5.74) is 1.77. The Morgan fingerprint density at radius 2 is 2.16 bits per heavy atom. The van der Waals surface area contributed by atoms with E-state index in [1.54, 1.807) is 26.2 Å². The molecule has 0 aliphatic carbocycles. The molecule has 100 valence electrons. The van der Waals surface area contributed by atoms with Gasteiger partial charge in [-0.05, 0) is 18.6 Å². The number of aliphatic carboxylic acids is 1. The van der Waals surface area contributed by atoms with E-state index in [4.69, 9.17) is 9.63 Å². The summed E-state index contributed by atoms with van der Waals surface area (Å²) >= 11 is 0. The Morgan fingerprint density at radius 1 is 1.42 bits per heavy atom. The normalized spacial score (nSPS) is 14.1. The molecule has 0 saturated carbocycles. The average Bonchev–Trinajstić information content (AvgIpc) is 2.86. The number of rotatable bonds is 4. The maximum atomic E-state index is 10.9. The van der Waals surface area contributed by atoms with Crippen LogP contribution in [0, 0.1) is 12.8 Å². The highest BCUT2D eigenvalue weighted by molar-refractivity contribution is 5.70. The van der Waals surface area contributed by atoms with Gasteiger partial charge in [0.1, 0.15) is 0 Å². The lowest BCUT2D eigenvalue weighted by molar-refractivity contribution is -0.141. The van der Waals surface area contributed by atoms with Crippen molar-refractivity contribution in [1.29, 1.82) is 0 Å². The summed E-state index contributed by atoms with van der Waals surface area (Å²) < 4.78 is 5.15. The molecule has 0 aliphatic heterocycles. The standard InChI is InChI=1S/C13H15N3O3/c1-7-4-5-14-6-10(7)11-15-12(19-16-11)8(2)9(3)13(17)18/h4-6,8-9H,1-3H3,(H,17,18). The zero-order valence-electron chi connectivity index (χ0n) is 11.0. The van der Waals surface area contributed by atoms with Gasteiger partial charge in [-0.1, -0.05) is 19.0 Å². The minimum Gasteiger partial charge on any atom is -0.481 e. The minimum atomic E-state index is -0.884. The van der Waals surface area contributed by atoms with E-state index in [0.717, 1.165) is 11.1 Å². The van der Waals surface area contributed by atoms with Gasteiger partial charge in [0.15, 0.2) is 0 Å². The Labute approximate surface area is 110 Å². The second-order valence-corrected chi connectivity index (χ2v) is 4.56. The Hall–Kier alpha value is -2.24. The van der Waals surface area contributed by atoms with E-state index < -0.39 is 11.9 Å². The van der Waals surface area contributed by atoms with Crippen LogP contribution >= 0.6 is 0 Å². The van der Waals surface area contributed by atoms with E-state index in [1.807, 2.05) is 13.0 Å². The summed E-state index contributed by atoms with van der Waals surface area (Å²) in [6, 6.07) is 1.86. The van der Waals surface area contributed by atoms with Gasteiger partial charge in [0, 0.05) is 23.9 Å². The van der Waals surface area contributed by atoms with Crippen molar-refractivity contribution in [2.45, 2.75) is 26.7 Å². The predicted octanol–water partition coefficient (Wildman–Crippen LogP) is 2.26. The number of hydrogen-bond acceptors (Lipinski definition) is 5. The molecule has 2 rings (SSSR count). The third-order valence-electron chi connectivity index (χ3n) is 3.25. The molecule has 6 heteroatoms. The lowest BCUT2D eigenvalue weighted by Crippen LogP contribution is -2.16. The van der Waals surface area contributed by atoms with Crippen molar-refractivity contribution in [3.05, 3.63) is 29.9 Å². The second-order valence-electron chi connectivity index (χ2n) is 4.56. The molecule has 2 heterocycles. The highest BCUT2D eigenvalue weighted by Gasteiger charge is 2.26. The molecule has 0 aliphatic rings. The van der Waals surface area contributed by atoms with E-state index in [2.05, 4.69) is 15.1 Å². The van der Waals surface area contributed by atoms with Crippen LogP contribution in [0.2, 0.25) is 0 Å². The number of carbonyl (C=O) groups is 1. The first-order valence-corrected chi connectivity index (χ1v) is 5.98. The molecule has 2 aromatic heterocycles. The largest absolute Gasteiger partial charge is 0.481 e. The third kappa shape index (κ3) is 2.62. The highest BCUT2D eigenvalue weighted by Crippen LogP contribution is 2.26. The Bertz CT molecular complexity index is 594. The van der Waals surface area contributed by atoms with Crippen molar-refractivity contribution >= 4 is 5.97 Å². The average molecular weight is 261 g/mol. The van der Waals surface area contributed by atoms with Crippen LogP contribution in [0.3, 0.4) is 0 Å². The first-order valence-electron chi connectivity index (χ1n) is 5.98. The molecule has 2 aromatic rings. The van der Waals surface area contributed by atoms with E-state index >= 15 is 0 Å². The van der Waals surface area contributed by atoms with Gasteiger partial charge in [-0.15, -0.1) is 0 Å². The van der Waals surface area contributed by atoms with Crippen LogP contribution in [0.5, 0.6) is 0 Å². The van der Waals surface area contributed by atoms with Crippen molar-refractivity contribution in [3.63, 3.8) is 0 Å². The molecule has 6 nitrogen and oxygen atoms in total. The predicted molar refractivity (Wildman–Crippen MR) is 67.5 cm³/mol. The maximum Gasteiger partial charge on any atom is 0.307 e. The summed E-state index contributed by atoms with van der Waals surface area (Å²) in [4.78, 5) is 19.2. The van der Waals surface area contributed by atoms with Crippen LogP contribution in [-0.2, 0) is 4.79 Å². The molecule has 1 N–H and O–H groups in total. The minimum absolute atomic E-state index is 0.327. The monoisotopic (exact) mass is 261 g/mol. The van der Waals surface area contributed by atoms with Gasteiger partial charge in [0.2, 0.25) is 11.7 Å². The third-order valence-corrected chi connectivity index (χ3v) is 3.25. The zero-order chi connectivity index (χ0) is 14.0. The number of carboxylic acids is 1. The van der Waals surface area contributed by atoms with Crippen LogP contribution in [0.15, 0.2) is 23.0 Å². The van der Waals surface area contributed by atoms with Crippen molar-refractivity contribution in [2.75, 3.05) is 0 Å². The van der Waals surface area contributed by atoms with Crippen LogP contribution in [0.25, 0.3) is 11.4 Å². The molecular weight excluding hydrogens is 246 g/mol. The molecule has 0 radical (unpaired) electrons. The Balaban J connectivity index is 2.29. The number of pyridine rings is 1. The highest BCUT2D eigenvalue weighted by atomic mass is 16.5. The van der Waals surface area contributed by atoms with Gasteiger partial charge in [-0.2, -0.15) is 4.98 Å². The van der Waals surface area contributed by atoms with E-state index in [-0.39, 0.29) is 5.92 Å². The zero-order valence-corrected chi connectivity index (χ0v) is 11.0. The summed E-state index contributed by atoms with van der Waals surface area (Å²) in [7, 11) is 0. The molecule has 0 fully saturated rings. The van der Waals surface area contributed by atoms with Crippen LogP contribution in [0.4, 0.5) is 0 Å². The molecule has 0 saturated heterocycles. The molecule has 2 atom stereocenters. The number of aromatic nitrogens is 3. The van der Waals surface area contributed by atoms with Crippen LogP contribution in [0.1, 0.15) is 31.2 Å². The molecule has 0 aromatic carbocycles. The maximum absolute atomic E-state index is 10.9. The SMILES string of the molecule is Cc1ccncc1-c1noc(C(C)C(C)C(=O)O)n1. The number of nitrogens with zero attached hydrogens (tertiary/aromatic N) is 3. The Kier molecular flexibility index (Phi) is 3.59. The second kappa shape index (κ2) is 5.17. The lowest BCUT2D eigenvalue weighted by atomic mass is 9.96. The quantitative estimate of drug-likeness (QED) is 0.908. The van der Waals surface area contributed by atoms with Crippen molar-refractivity contribution in [3.8, 4) is 11.4 Å². The number of carboxylic acid groups (broad SMARTS) is 1.